The molecule has 2 N–H and O–H groups in total. The Hall–Kier alpha value is -2.93. The summed E-state index contributed by atoms with van der Waals surface area (Å²) in [6.07, 6.45) is 5.19. The topological polar surface area (TPSA) is 78.5 Å². The van der Waals surface area contributed by atoms with Crippen LogP contribution in [0.5, 0.6) is 0 Å². The number of anilines is 2. The summed E-state index contributed by atoms with van der Waals surface area (Å²) in [5.74, 6) is -0.206. The van der Waals surface area contributed by atoms with Crippen LogP contribution in [0.25, 0.3) is 10.9 Å². The lowest BCUT2D eigenvalue weighted by Gasteiger charge is -2.44. The summed E-state index contributed by atoms with van der Waals surface area (Å²) in [5, 5.41) is 17.9. The number of nitrogens with zero attached hydrogens (tertiary/aromatic N) is 2. The lowest BCUT2D eigenvalue weighted by atomic mass is 9.63. The number of H-pyrrole nitrogens is 1. The molecule has 1 saturated heterocycles. The molecule has 2 aliphatic heterocycles. The summed E-state index contributed by atoms with van der Waals surface area (Å²) in [4.78, 5) is 14.0. The van der Waals surface area contributed by atoms with Crippen molar-refractivity contribution >= 4 is 28.2 Å². The van der Waals surface area contributed by atoms with Crippen LogP contribution in [0.15, 0.2) is 36.5 Å². The lowest BCUT2D eigenvalue weighted by Crippen LogP contribution is -2.45. The molecule has 0 radical (unpaired) electrons. The molecule has 3 aliphatic rings. The molecule has 1 aliphatic carbocycles. The van der Waals surface area contributed by atoms with Crippen molar-refractivity contribution in [1.82, 2.24) is 10.2 Å². The van der Waals surface area contributed by atoms with Gasteiger partial charge in [-0.3, -0.25) is 9.89 Å². The molecule has 0 amide bonds. The van der Waals surface area contributed by atoms with Crippen LogP contribution in [0.3, 0.4) is 0 Å². The second kappa shape index (κ2) is 7.83. The molecule has 6 nitrogen and oxygen atoms in total. The molecule has 2 fully saturated rings. The third-order valence-electron chi connectivity index (χ3n) is 8.07. The first kappa shape index (κ1) is 20.7. The van der Waals surface area contributed by atoms with Gasteiger partial charge in [0.05, 0.1) is 17.6 Å². The first-order valence-electron chi connectivity index (χ1n) is 11.8. The molecule has 2 atom stereocenters. The Bertz CT molecular complexity index is 1210. The maximum Gasteiger partial charge on any atom is 0.306 e. The SMILES string of the molecule is Cc1cc(N2c3cc4cn[nH]c4cc3C([C@H]3C[C@H](C(=O)O)C3)C2C2CCOCC2)ccc1F. The van der Waals surface area contributed by atoms with E-state index in [1.165, 1.54) is 5.56 Å². The number of hydrogen-bond acceptors (Lipinski definition) is 4. The molecule has 2 aromatic carbocycles. The van der Waals surface area contributed by atoms with Crippen LogP contribution in [-0.2, 0) is 9.53 Å². The van der Waals surface area contributed by atoms with E-state index in [9.17, 15) is 14.3 Å². The first-order chi connectivity index (χ1) is 16.0. The maximum absolute atomic E-state index is 14.2. The third kappa shape index (κ3) is 3.32. The highest BCUT2D eigenvalue weighted by Gasteiger charge is 2.51. The Labute approximate surface area is 191 Å². The van der Waals surface area contributed by atoms with Crippen LogP contribution in [-0.4, -0.2) is 40.5 Å². The smallest absolute Gasteiger partial charge is 0.306 e. The van der Waals surface area contributed by atoms with Gasteiger partial charge in [-0.05, 0) is 85.9 Å². The molecule has 3 aromatic rings. The zero-order valence-electron chi connectivity index (χ0n) is 18.6. The van der Waals surface area contributed by atoms with Crippen LogP contribution in [0, 0.1) is 30.5 Å². The number of carboxylic acid groups (broad SMARTS) is 1. The van der Waals surface area contributed by atoms with E-state index in [4.69, 9.17) is 4.74 Å². The number of aromatic amines is 1. The van der Waals surface area contributed by atoms with E-state index >= 15 is 0 Å². The van der Waals surface area contributed by atoms with Crippen LogP contribution >= 0.6 is 0 Å². The van der Waals surface area contributed by atoms with Gasteiger partial charge in [-0.15, -0.1) is 0 Å². The molecule has 33 heavy (non-hydrogen) atoms. The van der Waals surface area contributed by atoms with E-state index < -0.39 is 5.97 Å². The Morgan fingerprint density at radius 1 is 1.18 bits per heavy atom. The van der Waals surface area contributed by atoms with Gasteiger partial charge >= 0.3 is 5.97 Å². The van der Waals surface area contributed by atoms with Crippen LogP contribution in [0.4, 0.5) is 15.8 Å². The van der Waals surface area contributed by atoms with Crippen molar-refractivity contribution < 1.29 is 19.0 Å². The molecular formula is C26H28FN3O3. The van der Waals surface area contributed by atoms with Crippen molar-refractivity contribution in [2.45, 2.75) is 44.6 Å². The molecule has 2 unspecified atom stereocenters. The fourth-order valence-corrected chi connectivity index (χ4v) is 6.32. The van der Waals surface area contributed by atoms with E-state index in [0.717, 1.165) is 48.3 Å². The summed E-state index contributed by atoms with van der Waals surface area (Å²) in [6, 6.07) is 9.95. The van der Waals surface area contributed by atoms with Crippen molar-refractivity contribution in [3.8, 4) is 0 Å². The predicted molar refractivity (Wildman–Crippen MR) is 123 cm³/mol. The second-order valence-electron chi connectivity index (χ2n) is 9.90. The number of hydrogen-bond donors (Lipinski definition) is 2. The number of nitrogens with one attached hydrogen (secondary N) is 1. The van der Waals surface area contributed by atoms with Crippen LogP contribution in [0.1, 0.15) is 42.7 Å². The van der Waals surface area contributed by atoms with E-state index in [2.05, 4.69) is 27.2 Å². The number of aromatic nitrogens is 2. The molecule has 172 valence electrons. The summed E-state index contributed by atoms with van der Waals surface area (Å²) >= 11 is 0. The Balaban J connectivity index is 1.51. The van der Waals surface area contributed by atoms with Gasteiger partial charge in [0.25, 0.3) is 0 Å². The molecule has 0 spiro atoms. The van der Waals surface area contributed by atoms with Crippen molar-refractivity contribution in [1.29, 1.82) is 0 Å². The number of fused-ring (bicyclic) bond motifs is 2. The van der Waals surface area contributed by atoms with E-state index in [0.29, 0.717) is 30.2 Å². The highest BCUT2D eigenvalue weighted by Crippen LogP contribution is 2.57. The summed E-state index contributed by atoms with van der Waals surface area (Å²) in [5.41, 5.74) is 5.00. The quantitative estimate of drug-likeness (QED) is 0.576. The van der Waals surface area contributed by atoms with E-state index in [1.807, 2.05) is 18.3 Å². The fourth-order valence-electron chi connectivity index (χ4n) is 6.32. The highest BCUT2D eigenvalue weighted by atomic mass is 19.1. The van der Waals surface area contributed by atoms with Gasteiger partial charge < -0.3 is 14.7 Å². The van der Waals surface area contributed by atoms with Crippen molar-refractivity contribution in [3.05, 3.63) is 53.5 Å². The molecule has 6 rings (SSSR count). The van der Waals surface area contributed by atoms with Gasteiger partial charge in [0.2, 0.25) is 0 Å². The summed E-state index contributed by atoms with van der Waals surface area (Å²) in [6.45, 7) is 3.29. The minimum atomic E-state index is -0.692. The van der Waals surface area contributed by atoms with E-state index in [1.54, 1.807) is 13.0 Å². The van der Waals surface area contributed by atoms with Gasteiger partial charge in [-0.25, -0.2) is 4.39 Å². The second-order valence-corrected chi connectivity index (χ2v) is 9.90. The summed E-state index contributed by atoms with van der Waals surface area (Å²) in [7, 11) is 0. The zero-order chi connectivity index (χ0) is 22.7. The predicted octanol–water partition coefficient (Wildman–Crippen LogP) is 5.15. The zero-order valence-corrected chi connectivity index (χ0v) is 18.6. The normalized spacial score (nSPS) is 27.5. The number of carboxylic acids is 1. The van der Waals surface area contributed by atoms with Crippen molar-refractivity contribution in [2.24, 2.45) is 17.8 Å². The number of carbonyl (C=O) groups is 1. The number of aryl methyl sites for hydroxylation is 1. The van der Waals surface area contributed by atoms with E-state index in [-0.39, 0.29) is 23.7 Å². The molecule has 1 saturated carbocycles. The number of aliphatic carboxylic acids is 1. The largest absolute Gasteiger partial charge is 0.481 e. The minimum absolute atomic E-state index is 0.188. The van der Waals surface area contributed by atoms with Crippen molar-refractivity contribution in [2.75, 3.05) is 18.1 Å². The number of benzene rings is 2. The average molecular weight is 450 g/mol. The van der Waals surface area contributed by atoms with Gasteiger partial charge in [-0.2, -0.15) is 5.10 Å². The molecule has 7 heteroatoms. The monoisotopic (exact) mass is 449 g/mol. The molecule has 1 aromatic heterocycles. The number of ether oxygens (including phenoxy) is 1. The van der Waals surface area contributed by atoms with Crippen LogP contribution in [0.2, 0.25) is 0 Å². The van der Waals surface area contributed by atoms with Gasteiger partial charge in [0, 0.05) is 41.9 Å². The Morgan fingerprint density at radius 3 is 2.70 bits per heavy atom. The number of halogens is 1. The average Bonchev–Trinajstić information content (AvgIpc) is 3.36. The lowest BCUT2D eigenvalue weighted by molar-refractivity contribution is -0.146. The fraction of sp³-hybridized carbons (Fsp3) is 0.462. The molecular weight excluding hydrogens is 421 g/mol. The number of rotatable bonds is 4. The van der Waals surface area contributed by atoms with Gasteiger partial charge in [0.15, 0.2) is 0 Å². The minimum Gasteiger partial charge on any atom is -0.481 e. The standard InChI is InChI=1S/C26H28FN3O3/c1-14-8-19(2-3-21(14)27)30-23-11-18-13-28-29-22(18)12-20(23)24(16-9-17(10-16)26(31)32)25(30)15-4-6-33-7-5-15/h2-3,8,11-13,15-17,24-25H,4-7,9-10H2,1H3,(H,28,29)(H,31,32)/t16-,17-,24?,25?. The Morgan fingerprint density at radius 2 is 1.97 bits per heavy atom. The summed E-state index contributed by atoms with van der Waals surface area (Å²) < 4.78 is 19.9. The first-order valence-corrected chi connectivity index (χ1v) is 11.8. The molecule has 0 bridgehead atoms. The van der Waals surface area contributed by atoms with Gasteiger partial charge in [-0.1, -0.05) is 0 Å². The molecule has 3 heterocycles. The third-order valence-corrected chi connectivity index (χ3v) is 8.07. The maximum atomic E-state index is 14.2. The highest BCUT2D eigenvalue weighted by molar-refractivity contribution is 5.88. The Kier molecular flexibility index (Phi) is 4.91. The van der Waals surface area contributed by atoms with Crippen LogP contribution < -0.4 is 4.90 Å². The van der Waals surface area contributed by atoms with Gasteiger partial charge in [0.1, 0.15) is 5.82 Å². The van der Waals surface area contributed by atoms with Crippen molar-refractivity contribution in [3.63, 3.8) is 0 Å².